The van der Waals surface area contributed by atoms with Crippen LogP contribution in [0.3, 0.4) is 0 Å². The standard InChI is InChI=1S/C18H15BrN4O/c19-14-3-1-4-15(10-14)21-8-2-5-18(24)23-16-6-7-17-13(9-16)11-20-12-22-17/h1-7,9-12,21H,8H2,(H,23,24)/b5-2+. The summed E-state index contributed by atoms with van der Waals surface area (Å²) in [7, 11) is 0. The van der Waals surface area contributed by atoms with Crippen molar-refractivity contribution in [1.29, 1.82) is 0 Å². The minimum atomic E-state index is -0.178. The van der Waals surface area contributed by atoms with E-state index in [1.54, 1.807) is 12.3 Å². The first kappa shape index (κ1) is 16.1. The second kappa shape index (κ2) is 7.70. The summed E-state index contributed by atoms with van der Waals surface area (Å²) in [6.07, 6.45) is 6.51. The molecule has 1 amide bonds. The number of benzene rings is 2. The summed E-state index contributed by atoms with van der Waals surface area (Å²) in [6, 6.07) is 13.4. The molecule has 1 heterocycles. The average Bonchev–Trinajstić information content (AvgIpc) is 2.59. The monoisotopic (exact) mass is 382 g/mol. The van der Waals surface area contributed by atoms with E-state index in [1.165, 1.54) is 12.4 Å². The Bertz CT molecular complexity index is 895. The van der Waals surface area contributed by atoms with Gasteiger partial charge >= 0.3 is 0 Å². The number of nitrogens with zero attached hydrogens (tertiary/aromatic N) is 2. The molecular formula is C18H15BrN4O. The second-order valence-electron chi connectivity index (χ2n) is 5.08. The number of anilines is 2. The largest absolute Gasteiger partial charge is 0.382 e. The minimum absolute atomic E-state index is 0.178. The normalized spacial score (nSPS) is 10.9. The first-order valence-corrected chi connectivity index (χ1v) is 8.17. The van der Waals surface area contributed by atoms with Crippen LogP contribution >= 0.6 is 15.9 Å². The lowest BCUT2D eigenvalue weighted by atomic mass is 10.2. The van der Waals surface area contributed by atoms with E-state index in [4.69, 9.17) is 0 Å². The Hall–Kier alpha value is -2.73. The van der Waals surface area contributed by atoms with E-state index in [0.717, 1.165) is 21.1 Å². The Balaban J connectivity index is 1.54. The highest BCUT2D eigenvalue weighted by Crippen LogP contribution is 2.16. The van der Waals surface area contributed by atoms with Gasteiger partial charge in [0.1, 0.15) is 6.33 Å². The summed E-state index contributed by atoms with van der Waals surface area (Å²) in [4.78, 5) is 20.1. The molecule has 0 unspecified atom stereocenters. The fourth-order valence-electron chi connectivity index (χ4n) is 2.19. The van der Waals surface area contributed by atoms with Crippen LogP contribution in [-0.4, -0.2) is 22.4 Å². The number of amides is 1. The van der Waals surface area contributed by atoms with Crippen molar-refractivity contribution in [2.75, 3.05) is 17.2 Å². The molecule has 0 aliphatic carbocycles. The van der Waals surface area contributed by atoms with Crippen LogP contribution in [-0.2, 0) is 4.79 Å². The second-order valence-corrected chi connectivity index (χ2v) is 5.99. The fraction of sp³-hybridized carbons (Fsp3) is 0.0556. The highest BCUT2D eigenvalue weighted by Gasteiger charge is 2.00. The SMILES string of the molecule is O=C(/C=C/CNc1cccc(Br)c1)Nc1ccc2ncncc2c1. The van der Waals surface area contributed by atoms with Crippen molar-refractivity contribution in [3.8, 4) is 0 Å². The number of hydrogen-bond acceptors (Lipinski definition) is 4. The molecule has 0 atom stereocenters. The van der Waals surface area contributed by atoms with Gasteiger partial charge in [0.15, 0.2) is 0 Å². The molecule has 24 heavy (non-hydrogen) atoms. The molecule has 3 rings (SSSR count). The molecule has 6 heteroatoms. The third-order valence-electron chi connectivity index (χ3n) is 3.29. The molecule has 0 spiro atoms. The predicted octanol–water partition coefficient (Wildman–Crippen LogP) is 4.00. The lowest BCUT2D eigenvalue weighted by Gasteiger charge is -2.04. The van der Waals surface area contributed by atoms with E-state index in [1.807, 2.05) is 42.5 Å². The molecule has 3 aromatic rings. The highest BCUT2D eigenvalue weighted by molar-refractivity contribution is 9.10. The number of carbonyl (C=O) groups excluding carboxylic acids is 1. The van der Waals surface area contributed by atoms with Crippen LogP contribution in [0.15, 0.2) is 71.6 Å². The zero-order chi connectivity index (χ0) is 16.8. The van der Waals surface area contributed by atoms with Gasteiger partial charge in [-0.25, -0.2) is 9.97 Å². The van der Waals surface area contributed by atoms with Crippen LogP contribution < -0.4 is 10.6 Å². The molecule has 0 saturated heterocycles. The Morgan fingerprint density at radius 1 is 1.17 bits per heavy atom. The summed E-state index contributed by atoms with van der Waals surface area (Å²) in [5.74, 6) is -0.178. The van der Waals surface area contributed by atoms with E-state index in [0.29, 0.717) is 12.2 Å². The first-order chi connectivity index (χ1) is 11.7. The summed E-state index contributed by atoms with van der Waals surface area (Å²) < 4.78 is 1.01. The number of fused-ring (bicyclic) bond motifs is 1. The van der Waals surface area contributed by atoms with E-state index >= 15 is 0 Å². The molecule has 0 aliphatic rings. The van der Waals surface area contributed by atoms with Crippen molar-refractivity contribution in [2.45, 2.75) is 0 Å². The molecule has 2 N–H and O–H groups in total. The van der Waals surface area contributed by atoms with Crippen molar-refractivity contribution in [1.82, 2.24) is 9.97 Å². The van der Waals surface area contributed by atoms with E-state index in [9.17, 15) is 4.79 Å². The smallest absolute Gasteiger partial charge is 0.248 e. The lowest BCUT2D eigenvalue weighted by molar-refractivity contribution is -0.111. The number of rotatable bonds is 5. The molecule has 0 radical (unpaired) electrons. The van der Waals surface area contributed by atoms with Gasteiger partial charge in [0.2, 0.25) is 5.91 Å². The van der Waals surface area contributed by atoms with Crippen LogP contribution in [0.2, 0.25) is 0 Å². The molecule has 0 saturated carbocycles. The van der Waals surface area contributed by atoms with Gasteiger partial charge < -0.3 is 10.6 Å². The fourth-order valence-corrected chi connectivity index (χ4v) is 2.59. The third kappa shape index (κ3) is 4.39. The van der Waals surface area contributed by atoms with Crippen molar-refractivity contribution in [3.63, 3.8) is 0 Å². The Labute approximate surface area is 148 Å². The minimum Gasteiger partial charge on any atom is -0.382 e. The topological polar surface area (TPSA) is 66.9 Å². The lowest BCUT2D eigenvalue weighted by Crippen LogP contribution is -2.08. The first-order valence-electron chi connectivity index (χ1n) is 7.37. The number of halogens is 1. The van der Waals surface area contributed by atoms with E-state index in [2.05, 4.69) is 36.5 Å². The van der Waals surface area contributed by atoms with Gasteiger partial charge in [-0.2, -0.15) is 0 Å². The molecule has 1 aromatic heterocycles. The quantitative estimate of drug-likeness (QED) is 0.654. The van der Waals surface area contributed by atoms with Crippen molar-refractivity contribution >= 4 is 44.1 Å². The molecule has 0 bridgehead atoms. The molecule has 0 fully saturated rings. The molecular weight excluding hydrogens is 368 g/mol. The Morgan fingerprint density at radius 2 is 2.08 bits per heavy atom. The van der Waals surface area contributed by atoms with Crippen LogP contribution in [0.25, 0.3) is 10.9 Å². The van der Waals surface area contributed by atoms with Gasteiger partial charge in [-0.15, -0.1) is 0 Å². The highest BCUT2D eigenvalue weighted by atomic mass is 79.9. The van der Waals surface area contributed by atoms with Gasteiger partial charge in [-0.1, -0.05) is 28.1 Å². The summed E-state index contributed by atoms with van der Waals surface area (Å²) in [6.45, 7) is 0.565. The van der Waals surface area contributed by atoms with Gasteiger partial charge in [-0.05, 0) is 36.4 Å². The number of hydrogen-bond donors (Lipinski definition) is 2. The summed E-state index contributed by atoms with van der Waals surface area (Å²) in [5, 5.41) is 6.93. The molecule has 120 valence electrons. The number of nitrogens with one attached hydrogen (secondary N) is 2. The van der Waals surface area contributed by atoms with Crippen LogP contribution in [0.5, 0.6) is 0 Å². The number of carbonyl (C=O) groups is 1. The maximum Gasteiger partial charge on any atom is 0.248 e. The van der Waals surface area contributed by atoms with Gasteiger partial charge in [-0.3, -0.25) is 4.79 Å². The average molecular weight is 383 g/mol. The molecule has 5 nitrogen and oxygen atoms in total. The van der Waals surface area contributed by atoms with Crippen molar-refractivity contribution in [3.05, 3.63) is 71.6 Å². The maximum absolute atomic E-state index is 11.9. The maximum atomic E-state index is 11.9. The predicted molar refractivity (Wildman–Crippen MR) is 99.9 cm³/mol. The van der Waals surface area contributed by atoms with Crippen LogP contribution in [0.4, 0.5) is 11.4 Å². The van der Waals surface area contributed by atoms with Crippen LogP contribution in [0.1, 0.15) is 0 Å². The van der Waals surface area contributed by atoms with E-state index < -0.39 is 0 Å². The molecule has 2 aromatic carbocycles. The zero-order valence-corrected chi connectivity index (χ0v) is 14.3. The van der Waals surface area contributed by atoms with E-state index in [-0.39, 0.29) is 5.91 Å². The van der Waals surface area contributed by atoms with Crippen molar-refractivity contribution in [2.24, 2.45) is 0 Å². The molecule has 0 aliphatic heterocycles. The Kier molecular flexibility index (Phi) is 5.18. The third-order valence-corrected chi connectivity index (χ3v) is 3.78. The van der Waals surface area contributed by atoms with Gasteiger partial charge in [0.05, 0.1) is 5.52 Å². The van der Waals surface area contributed by atoms with Gasteiger partial charge in [0, 0.05) is 40.1 Å². The summed E-state index contributed by atoms with van der Waals surface area (Å²) in [5.41, 5.74) is 2.55. The van der Waals surface area contributed by atoms with Gasteiger partial charge in [0.25, 0.3) is 0 Å². The Morgan fingerprint density at radius 3 is 2.96 bits per heavy atom. The van der Waals surface area contributed by atoms with Crippen LogP contribution in [0, 0.1) is 0 Å². The van der Waals surface area contributed by atoms with Crippen molar-refractivity contribution < 1.29 is 4.79 Å². The zero-order valence-electron chi connectivity index (χ0n) is 12.7. The summed E-state index contributed by atoms with van der Waals surface area (Å²) >= 11 is 3.42. The number of aromatic nitrogens is 2.